The lowest BCUT2D eigenvalue weighted by molar-refractivity contribution is 0.00949. The van der Waals surface area contributed by atoms with E-state index < -0.39 is 5.60 Å². The minimum absolute atomic E-state index is 0.0840. The predicted molar refractivity (Wildman–Crippen MR) is 86.0 cm³/mol. The maximum absolute atomic E-state index is 12.4. The molecule has 1 fully saturated rings. The van der Waals surface area contributed by atoms with Crippen LogP contribution in [0.5, 0.6) is 0 Å². The van der Waals surface area contributed by atoms with Gasteiger partial charge in [-0.3, -0.25) is 5.14 Å². The van der Waals surface area contributed by atoms with E-state index in [-0.39, 0.29) is 12.1 Å². The zero-order valence-corrected chi connectivity index (χ0v) is 13.8. The number of amides is 1. The minimum atomic E-state index is -0.464. The summed E-state index contributed by atoms with van der Waals surface area (Å²) in [6.45, 7) is 6.44. The molecule has 4 nitrogen and oxygen atoms in total. The molecule has 1 amide bonds. The number of hydrogen-bond donors (Lipinski definition) is 1. The second-order valence-electron chi connectivity index (χ2n) is 6.38. The molecule has 0 bridgehead atoms. The number of hydrogen-bond acceptors (Lipinski definition) is 4. The average molecular weight is 308 g/mol. The molecule has 1 atom stereocenters. The van der Waals surface area contributed by atoms with Gasteiger partial charge in [-0.1, -0.05) is 12.1 Å². The van der Waals surface area contributed by atoms with Crippen molar-refractivity contribution < 1.29 is 9.53 Å². The number of carbonyl (C=O) groups is 1. The topological polar surface area (TPSA) is 55.6 Å². The molecule has 1 aromatic rings. The summed E-state index contributed by atoms with van der Waals surface area (Å²) in [4.78, 5) is 15.3. The van der Waals surface area contributed by atoms with E-state index in [1.807, 2.05) is 37.8 Å². The van der Waals surface area contributed by atoms with Crippen molar-refractivity contribution in [2.24, 2.45) is 5.14 Å². The van der Waals surface area contributed by atoms with Gasteiger partial charge < -0.3 is 9.64 Å². The van der Waals surface area contributed by atoms with Gasteiger partial charge in [0.15, 0.2) is 0 Å². The molecule has 1 unspecified atom stereocenters. The van der Waals surface area contributed by atoms with Crippen LogP contribution >= 0.6 is 11.9 Å². The molecule has 5 heteroatoms. The molecule has 0 saturated carbocycles. The van der Waals surface area contributed by atoms with Crippen molar-refractivity contribution in [1.82, 2.24) is 4.90 Å². The largest absolute Gasteiger partial charge is 0.444 e. The van der Waals surface area contributed by atoms with Crippen LogP contribution < -0.4 is 5.14 Å². The highest BCUT2D eigenvalue weighted by Gasteiger charge is 2.31. The third-order valence-electron chi connectivity index (χ3n) is 3.51. The Bertz CT molecular complexity index is 499. The Kier molecular flexibility index (Phi) is 5.17. The molecule has 1 aromatic carbocycles. The molecular formula is C16H24N2O2S. The first-order chi connectivity index (χ1) is 9.90. The number of piperidine rings is 1. The number of likely N-dealkylation sites (tertiary alicyclic amines) is 1. The number of ether oxygens (including phenoxy) is 1. The number of nitrogens with two attached hydrogens (primary N) is 1. The van der Waals surface area contributed by atoms with Crippen LogP contribution in [0.3, 0.4) is 0 Å². The van der Waals surface area contributed by atoms with Crippen LogP contribution in [0, 0.1) is 0 Å². The normalized spacial score (nSPS) is 19.4. The lowest BCUT2D eigenvalue weighted by atomic mass is 9.96. The Morgan fingerprint density at radius 1 is 1.38 bits per heavy atom. The fourth-order valence-electron chi connectivity index (χ4n) is 2.61. The third-order valence-corrected chi connectivity index (χ3v) is 4.04. The first-order valence-electron chi connectivity index (χ1n) is 7.37. The van der Waals surface area contributed by atoms with Gasteiger partial charge in [-0.2, -0.15) is 0 Å². The van der Waals surface area contributed by atoms with Crippen LogP contribution in [-0.2, 0) is 4.74 Å². The minimum Gasteiger partial charge on any atom is -0.444 e. The predicted octanol–water partition coefficient (Wildman–Crippen LogP) is 4.11. The Labute approximate surface area is 131 Å². The molecule has 0 radical (unpaired) electrons. The van der Waals surface area contributed by atoms with Gasteiger partial charge in [0.25, 0.3) is 0 Å². The number of benzene rings is 1. The van der Waals surface area contributed by atoms with Crippen molar-refractivity contribution in [3.8, 4) is 0 Å². The smallest absolute Gasteiger partial charge is 0.410 e. The molecule has 1 aliphatic rings. The second-order valence-corrected chi connectivity index (χ2v) is 7.08. The van der Waals surface area contributed by atoms with Crippen molar-refractivity contribution in [3.63, 3.8) is 0 Å². The van der Waals surface area contributed by atoms with E-state index in [4.69, 9.17) is 9.88 Å². The lowest BCUT2D eigenvalue weighted by Crippen LogP contribution is -2.41. The summed E-state index contributed by atoms with van der Waals surface area (Å²) >= 11 is 1.23. The highest BCUT2D eigenvalue weighted by Crippen LogP contribution is 2.33. The number of rotatable bonds is 2. The summed E-state index contributed by atoms with van der Waals surface area (Å²) < 4.78 is 5.54. The lowest BCUT2D eigenvalue weighted by Gasteiger charge is -2.37. The molecule has 1 saturated heterocycles. The van der Waals surface area contributed by atoms with Gasteiger partial charge >= 0.3 is 6.09 Å². The van der Waals surface area contributed by atoms with E-state index in [2.05, 4.69) is 12.1 Å². The van der Waals surface area contributed by atoms with Gasteiger partial charge in [-0.25, -0.2) is 4.79 Å². The third kappa shape index (κ3) is 4.38. The maximum atomic E-state index is 12.4. The van der Waals surface area contributed by atoms with E-state index in [1.54, 1.807) is 0 Å². The van der Waals surface area contributed by atoms with Gasteiger partial charge in [-0.15, -0.1) is 0 Å². The van der Waals surface area contributed by atoms with Crippen LogP contribution in [0.4, 0.5) is 4.79 Å². The van der Waals surface area contributed by atoms with Gasteiger partial charge in [0.05, 0.1) is 6.04 Å². The summed E-state index contributed by atoms with van der Waals surface area (Å²) in [5, 5.41) is 5.64. The summed E-state index contributed by atoms with van der Waals surface area (Å²) in [7, 11) is 0. The van der Waals surface area contributed by atoms with Crippen molar-refractivity contribution in [1.29, 1.82) is 0 Å². The Morgan fingerprint density at radius 3 is 2.81 bits per heavy atom. The molecule has 2 rings (SSSR count). The molecule has 21 heavy (non-hydrogen) atoms. The van der Waals surface area contributed by atoms with Crippen molar-refractivity contribution >= 4 is 18.0 Å². The Balaban J connectivity index is 2.20. The monoisotopic (exact) mass is 308 g/mol. The zero-order chi connectivity index (χ0) is 15.5. The first-order valence-corrected chi connectivity index (χ1v) is 8.25. The second kappa shape index (κ2) is 6.71. The van der Waals surface area contributed by atoms with Crippen LogP contribution in [0.15, 0.2) is 29.2 Å². The SMILES string of the molecule is CC(C)(C)OC(=O)N1CCCCC1c1cccc(SN)c1. The van der Waals surface area contributed by atoms with Crippen LogP contribution in [-0.4, -0.2) is 23.1 Å². The molecular weight excluding hydrogens is 284 g/mol. The quantitative estimate of drug-likeness (QED) is 0.835. The van der Waals surface area contributed by atoms with E-state index in [0.29, 0.717) is 0 Å². The summed E-state index contributed by atoms with van der Waals surface area (Å²) in [6.07, 6.45) is 2.90. The molecule has 116 valence electrons. The molecule has 0 spiro atoms. The molecule has 0 aromatic heterocycles. The molecule has 0 aliphatic carbocycles. The highest BCUT2D eigenvalue weighted by molar-refractivity contribution is 7.97. The average Bonchev–Trinajstić information content (AvgIpc) is 2.45. The van der Waals surface area contributed by atoms with E-state index in [0.717, 1.165) is 36.3 Å². The van der Waals surface area contributed by atoms with Crippen LogP contribution in [0.1, 0.15) is 51.6 Å². The van der Waals surface area contributed by atoms with Crippen LogP contribution in [0.25, 0.3) is 0 Å². The first kappa shape index (κ1) is 16.2. The standard InChI is InChI=1S/C16H24N2O2S/c1-16(2,3)20-15(19)18-10-5-4-9-14(18)12-7-6-8-13(11-12)21-17/h6-8,11,14H,4-5,9-10,17H2,1-3H3. The van der Waals surface area contributed by atoms with Gasteiger partial charge in [0.1, 0.15) is 5.60 Å². The van der Waals surface area contributed by atoms with Gasteiger partial charge in [0.2, 0.25) is 0 Å². The summed E-state index contributed by atoms with van der Waals surface area (Å²) in [5.41, 5.74) is 0.671. The molecule has 2 N–H and O–H groups in total. The Hall–Kier alpha value is -1.20. The number of nitrogens with zero attached hydrogens (tertiary/aromatic N) is 1. The van der Waals surface area contributed by atoms with Gasteiger partial charge in [-0.05, 0) is 69.7 Å². The van der Waals surface area contributed by atoms with E-state index >= 15 is 0 Å². The van der Waals surface area contributed by atoms with Crippen LogP contribution in [0.2, 0.25) is 0 Å². The maximum Gasteiger partial charge on any atom is 0.410 e. The summed E-state index contributed by atoms with van der Waals surface area (Å²) in [6, 6.07) is 8.19. The Morgan fingerprint density at radius 2 is 2.14 bits per heavy atom. The van der Waals surface area contributed by atoms with E-state index in [1.165, 1.54) is 11.9 Å². The van der Waals surface area contributed by atoms with Crippen molar-refractivity contribution in [3.05, 3.63) is 29.8 Å². The highest BCUT2D eigenvalue weighted by atomic mass is 32.2. The van der Waals surface area contributed by atoms with E-state index in [9.17, 15) is 4.79 Å². The van der Waals surface area contributed by atoms with Crippen molar-refractivity contribution in [2.45, 2.75) is 56.6 Å². The number of carbonyl (C=O) groups excluding carboxylic acids is 1. The van der Waals surface area contributed by atoms with Crippen molar-refractivity contribution in [2.75, 3.05) is 6.54 Å². The summed E-state index contributed by atoms with van der Waals surface area (Å²) in [5.74, 6) is 0. The fourth-order valence-corrected chi connectivity index (χ4v) is 2.97. The molecule has 1 heterocycles. The van der Waals surface area contributed by atoms with Gasteiger partial charge in [0, 0.05) is 11.4 Å². The molecule has 1 aliphatic heterocycles. The fraction of sp³-hybridized carbons (Fsp3) is 0.562. The zero-order valence-electron chi connectivity index (χ0n) is 13.0.